The Hall–Kier alpha value is -1.99. The van der Waals surface area contributed by atoms with Crippen molar-refractivity contribution in [3.8, 4) is 0 Å². The van der Waals surface area contributed by atoms with Crippen molar-refractivity contribution in [3.63, 3.8) is 0 Å². The zero-order valence-electron chi connectivity index (χ0n) is 14.5. The lowest BCUT2D eigenvalue weighted by Crippen LogP contribution is -2.56. The zero-order valence-corrected chi connectivity index (χ0v) is 14.5. The lowest BCUT2D eigenvalue weighted by molar-refractivity contribution is -0.147. The van der Waals surface area contributed by atoms with Crippen LogP contribution in [0.5, 0.6) is 0 Å². The van der Waals surface area contributed by atoms with Gasteiger partial charge in [0.1, 0.15) is 6.04 Å². The number of hydrogen-bond donors (Lipinski definition) is 1. The summed E-state index contributed by atoms with van der Waals surface area (Å²) in [5, 5.41) is 9.10. The van der Waals surface area contributed by atoms with E-state index in [1.54, 1.807) is 14.1 Å². The average molecular weight is 329 g/mol. The molecule has 0 spiro atoms. The number of nitrogens with zero attached hydrogens (tertiary/aromatic N) is 3. The summed E-state index contributed by atoms with van der Waals surface area (Å²) < 4.78 is 4.78. The molecule has 1 aliphatic heterocycles. The first-order valence-corrected chi connectivity index (χ1v) is 7.76. The molecule has 0 saturated carbocycles. The third-order valence-corrected chi connectivity index (χ3v) is 4.31. The molecule has 132 valence electrons. The molecule has 1 saturated heterocycles. The second kappa shape index (κ2) is 8.03. The molecule has 0 aliphatic carbocycles. The highest BCUT2D eigenvalue weighted by Gasteiger charge is 2.35. The summed E-state index contributed by atoms with van der Waals surface area (Å²) in [7, 11) is 4.51. The Balaban J connectivity index is 2.81. The molecular weight excluding hydrogens is 302 g/mol. The largest absolute Gasteiger partial charge is 0.467 e. The lowest BCUT2D eigenvalue weighted by atomic mass is 10.0. The molecule has 0 bridgehead atoms. The van der Waals surface area contributed by atoms with Gasteiger partial charge in [0.15, 0.2) is 0 Å². The van der Waals surface area contributed by atoms with Crippen LogP contribution in [0, 0.1) is 5.92 Å². The van der Waals surface area contributed by atoms with Gasteiger partial charge in [0.25, 0.3) is 0 Å². The highest BCUT2D eigenvalue weighted by molar-refractivity contribution is 5.83. The molecule has 8 nitrogen and oxygen atoms in total. The number of carboxylic acid groups (broad SMARTS) is 1. The number of hydrogen-bond acceptors (Lipinski definition) is 4. The number of rotatable bonds is 4. The second-order valence-electron chi connectivity index (χ2n) is 6.24. The van der Waals surface area contributed by atoms with Crippen molar-refractivity contribution in [2.75, 3.05) is 34.3 Å². The number of urea groups is 1. The molecule has 1 aliphatic rings. The first-order chi connectivity index (χ1) is 10.7. The third-order valence-electron chi connectivity index (χ3n) is 4.31. The predicted octanol–water partition coefficient (Wildman–Crippen LogP) is 1.31. The van der Waals surface area contributed by atoms with E-state index in [0.717, 1.165) is 6.42 Å². The number of likely N-dealkylation sites (tertiary alicyclic amines) is 1. The Labute approximate surface area is 137 Å². The molecular formula is C15H27N3O5. The fourth-order valence-electron chi connectivity index (χ4n) is 2.97. The van der Waals surface area contributed by atoms with Crippen LogP contribution in [0.1, 0.15) is 26.7 Å². The summed E-state index contributed by atoms with van der Waals surface area (Å²) in [6, 6.07) is -1.18. The van der Waals surface area contributed by atoms with E-state index in [1.807, 2.05) is 13.8 Å². The van der Waals surface area contributed by atoms with E-state index in [2.05, 4.69) is 0 Å². The Morgan fingerprint density at radius 2 is 1.87 bits per heavy atom. The molecule has 2 atom stereocenters. The van der Waals surface area contributed by atoms with Gasteiger partial charge >= 0.3 is 18.1 Å². The minimum absolute atomic E-state index is 0.0910. The van der Waals surface area contributed by atoms with Gasteiger partial charge in [0.2, 0.25) is 0 Å². The maximum Gasteiger partial charge on any atom is 0.407 e. The lowest BCUT2D eigenvalue weighted by Gasteiger charge is -2.39. The molecule has 1 N–H and O–H groups in total. The first kappa shape index (κ1) is 19.1. The SMILES string of the molecule is COC(=O)C(C(C)C)N(C)C(=O)N(C)C1CCCN(C(=O)O)C1. The van der Waals surface area contributed by atoms with Gasteiger partial charge in [-0.3, -0.25) is 0 Å². The van der Waals surface area contributed by atoms with E-state index in [1.165, 1.54) is 21.8 Å². The molecule has 1 rings (SSSR count). The Kier molecular flexibility index (Phi) is 6.65. The average Bonchev–Trinajstić information content (AvgIpc) is 2.52. The number of esters is 1. The number of methoxy groups -OCH3 is 1. The normalized spacial score (nSPS) is 19.2. The Morgan fingerprint density at radius 1 is 1.26 bits per heavy atom. The molecule has 8 heteroatoms. The number of carbonyl (C=O) groups is 3. The van der Waals surface area contributed by atoms with Crippen molar-refractivity contribution < 1.29 is 24.2 Å². The van der Waals surface area contributed by atoms with Gasteiger partial charge in [-0.1, -0.05) is 13.8 Å². The molecule has 2 unspecified atom stereocenters. The van der Waals surface area contributed by atoms with E-state index in [0.29, 0.717) is 13.0 Å². The molecule has 0 aromatic carbocycles. The van der Waals surface area contributed by atoms with Gasteiger partial charge < -0.3 is 24.5 Å². The van der Waals surface area contributed by atoms with Gasteiger partial charge in [-0.05, 0) is 18.8 Å². The van der Waals surface area contributed by atoms with E-state index >= 15 is 0 Å². The quantitative estimate of drug-likeness (QED) is 0.785. The van der Waals surface area contributed by atoms with Crippen LogP contribution in [-0.2, 0) is 9.53 Å². The van der Waals surface area contributed by atoms with Crippen molar-refractivity contribution in [1.82, 2.24) is 14.7 Å². The molecule has 3 amide bonds. The smallest absolute Gasteiger partial charge is 0.407 e. The van der Waals surface area contributed by atoms with Gasteiger partial charge in [0, 0.05) is 27.2 Å². The zero-order chi connectivity index (χ0) is 17.7. The van der Waals surface area contributed by atoms with Crippen LogP contribution in [0.4, 0.5) is 9.59 Å². The summed E-state index contributed by atoms with van der Waals surface area (Å²) in [6.07, 6.45) is 0.478. The van der Waals surface area contributed by atoms with E-state index in [9.17, 15) is 14.4 Å². The van der Waals surface area contributed by atoms with Crippen LogP contribution in [0.2, 0.25) is 0 Å². The standard InChI is InChI=1S/C15H27N3O5/c1-10(2)12(13(19)23-5)17(4)14(20)16(3)11-7-6-8-18(9-11)15(21)22/h10-12H,6-9H2,1-5H3,(H,21,22). The van der Waals surface area contributed by atoms with E-state index in [-0.39, 0.29) is 24.5 Å². The van der Waals surface area contributed by atoms with Crippen LogP contribution < -0.4 is 0 Å². The third kappa shape index (κ3) is 4.49. The number of likely N-dealkylation sites (N-methyl/N-ethyl adjacent to an activating group) is 2. The Morgan fingerprint density at radius 3 is 2.35 bits per heavy atom. The van der Waals surface area contributed by atoms with Gasteiger partial charge in [-0.15, -0.1) is 0 Å². The van der Waals surface area contributed by atoms with Crippen molar-refractivity contribution in [3.05, 3.63) is 0 Å². The maximum atomic E-state index is 12.7. The Bertz CT molecular complexity index is 454. The highest BCUT2D eigenvalue weighted by atomic mass is 16.5. The van der Waals surface area contributed by atoms with Crippen molar-refractivity contribution in [1.29, 1.82) is 0 Å². The van der Waals surface area contributed by atoms with Crippen LogP contribution in [0.3, 0.4) is 0 Å². The summed E-state index contributed by atoms with van der Waals surface area (Å²) in [5.74, 6) is -0.549. The molecule has 23 heavy (non-hydrogen) atoms. The molecule has 1 fully saturated rings. The fraction of sp³-hybridized carbons (Fsp3) is 0.800. The molecule has 0 radical (unpaired) electrons. The monoisotopic (exact) mass is 329 g/mol. The van der Waals surface area contributed by atoms with Gasteiger partial charge in [0.05, 0.1) is 13.2 Å². The minimum atomic E-state index is -0.974. The number of ether oxygens (including phenoxy) is 1. The maximum absolute atomic E-state index is 12.7. The van der Waals surface area contributed by atoms with Crippen molar-refractivity contribution in [2.45, 2.75) is 38.8 Å². The van der Waals surface area contributed by atoms with Crippen molar-refractivity contribution >= 4 is 18.1 Å². The summed E-state index contributed by atoms with van der Waals surface area (Å²) in [5.41, 5.74) is 0. The van der Waals surface area contributed by atoms with Crippen LogP contribution in [0.25, 0.3) is 0 Å². The van der Waals surface area contributed by atoms with Crippen LogP contribution in [0.15, 0.2) is 0 Å². The molecule has 0 aromatic rings. The summed E-state index contributed by atoms with van der Waals surface area (Å²) in [6.45, 7) is 4.47. The highest BCUT2D eigenvalue weighted by Crippen LogP contribution is 2.18. The number of amides is 3. The molecule has 1 heterocycles. The number of carbonyl (C=O) groups excluding carboxylic acids is 2. The summed E-state index contributed by atoms with van der Waals surface area (Å²) >= 11 is 0. The van der Waals surface area contributed by atoms with E-state index in [4.69, 9.17) is 9.84 Å². The van der Waals surface area contributed by atoms with Gasteiger partial charge in [-0.2, -0.15) is 0 Å². The summed E-state index contributed by atoms with van der Waals surface area (Å²) in [4.78, 5) is 39.9. The first-order valence-electron chi connectivity index (χ1n) is 7.76. The number of piperidine rings is 1. The van der Waals surface area contributed by atoms with Crippen molar-refractivity contribution in [2.24, 2.45) is 5.92 Å². The van der Waals surface area contributed by atoms with Gasteiger partial charge in [-0.25, -0.2) is 14.4 Å². The van der Waals surface area contributed by atoms with Crippen LogP contribution >= 0.6 is 0 Å². The second-order valence-corrected chi connectivity index (χ2v) is 6.24. The minimum Gasteiger partial charge on any atom is -0.467 e. The topological polar surface area (TPSA) is 90.4 Å². The van der Waals surface area contributed by atoms with Crippen LogP contribution in [-0.4, -0.2) is 84.3 Å². The fourth-order valence-corrected chi connectivity index (χ4v) is 2.97. The molecule has 0 aromatic heterocycles. The predicted molar refractivity (Wildman–Crippen MR) is 84.2 cm³/mol. The van der Waals surface area contributed by atoms with E-state index < -0.39 is 18.1 Å².